The number of carbonyl (C=O) groups excluding carboxylic acids is 2. The van der Waals surface area contributed by atoms with Gasteiger partial charge < -0.3 is 21.1 Å². The van der Waals surface area contributed by atoms with Crippen LogP contribution in [0.5, 0.6) is 0 Å². The van der Waals surface area contributed by atoms with Crippen molar-refractivity contribution in [2.24, 2.45) is 5.73 Å². The zero-order valence-electron chi connectivity index (χ0n) is 11.9. The smallest absolute Gasteiger partial charge is 0.318 e. The van der Waals surface area contributed by atoms with E-state index in [1.54, 1.807) is 6.92 Å². The highest BCUT2D eigenvalue weighted by molar-refractivity contribution is 5.83. The van der Waals surface area contributed by atoms with Gasteiger partial charge in [-0.2, -0.15) is 0 Å². The molecule has 20 heavy (non-hydrogen) atoms. The number of primary amides is 1. The summed E-state index contributed by atoms with van der Waals surface area (Å²) in [6.45, 7) is 1.93. The number of carboxylic acid groups (broad SMARTS) is 1. The van der Waals surface area contributed by atoms with Crippen LogP contribution >= 0.6 is 0 Å². The molecule has 0 atom stereocenters. The molecule has 0 aromatic heterocycles. The average molecular weight is 285 g/mol. The molecule has 7 heteroatoms. The standard InChI is InChI=1S/C13H23N3O4/c1-2-16(9-10(14)17)12(20)15-13(8-11(18)19)6-4-3-5-7-13/h2-9H2,1H3,(H2,14,17)(H,15,20)(H,18,19). The Morgan fingerprint density at radius 2 is 1.85 bits per heavy atom. The predicted octanol–water partition coefficient (Wildman–Crippen LogP) is 0.681. The van der Waals surface area contributed by atoms with Gasteiger partial charge in [0.2, 0.25) is 5.91 Å². The second-order valence-corrected chi connectivity index (χ2v) is 5.32. The minimum atomic E-state index is -0.926. The molecule has 0 unspecified atom stereocenters. The maximum Gasteiger partial charge on any atom is 0.318 e. The number of nitrogens with one attached hydrogen (secondary N) is 1. The van der Waals surface area contributed by atoms with Gasteiger partial charge in [0.15, 0.2) is 0 Å². The summed E-state index contributed by atoms with van der Waals surface area (Å²) >= 11 is 0. The molecule has 1 aliphatic carbocycles. The molecule has 1 aliphatic rings. The summed E-state index contributed by atoms with van der Waals surface area (Å²) in [5, 5.41) is 11.9. The number of nitrogens with zero attached hydrogens (tertiary/aromatic N) is 1. The van der Waals surface area contributed by atoms with Gasteiger partial charge in [-0.05, 0) is 19.8 Å². The first kappa shape index (κ1) is 16.3. The lowest BCUT2D eigenvalue weighted by Gasteiger charge is -2.38. The molecule has 0 saturated heterocycles. The van der Waals surface area contributed by atoms with Crippen LogP contribution < -0.4 is 11.1 Å². The molecule has 1 fully saturated rings. The van der Waals surface area contributed by atoms with E-state index in [1.165, 1.54) is 4.90 Å². The summed E-state index contributed by atoms with van der Waals surface area (Å²) in [5.41, 5.74) is 4.40. The first-order valence-corrected chi connectivity index (χ1v) is 6.96. The van der Waals surface area contributed by atoms with Gasteiger partial charge in [0.25, 0.3) is 0 Å². The number of likely N-dealkylation sites (N-methyl/N-ethyl adjacent to an activating group) is 1. The number of aliphatic carboxylic acids is 1. The van der Waals surface area contributed by atoms with Crippen LogP contribution in [0.4, 0.5) is 4.79 Å². The molecular formula is C13H23N3O4. The summed E-state index contributed by atoms with van der Waals surface area (Å²) in [7, 11) is 0. The van der Waals surface area contributed by atoms with Crippen molar-refractivity contribution in [2.45, 2.75) is 51.0 Å². The highest BCUT2D eigenvalue weighted by Gasteiger charge is 2.36. The molecule has 3 amide bonds. The molecule has 0 aliphatic heterocycles. The second kappa shape index (κ2) is 7.12. The fourth-order valence-electron chi connectivity index (χ4n) is 2.69. The highest BCUT2D eigenvalue weighted by Crippen LogP contribution is 2.31. The fraction of sp³-hybridized carbons (Fsp3) is 0.769. The van der Waals surface area contributed by atoms with E-state index in [0.29, 0.717) is 19.4 Å². The summed E-state index contributed by atoms with van der Waals surface area (Å²) in [5.74, 6) is -1.51. The van der Waals surface area contributed by atoms with Crippen molar-refractivity contribution in [2.75, 3.05) is 13.1 Å². The number of nitrogens with two attached hydrogens (primary N) is 1. The second-order valence-electron chi connectivity index (χ2n) is 5.32. The molecule has 0 aromatic carbocycles. The molecule has 1 saturated carbocycles. The number of rotatable bonds is 6. The zero-order valence-corrected chi connectivity index (χ0v) is 11.9. The molecule has 114 valence electrons. The molecular weight excluding hydrogens is 262 g/mol. The van der Waals surface area contributed by atoms with Crippen LogP contribution in [0.2, 0.25) is 0 Å². The fourth-order valence-corrected chi connectivity index (χ4v) is 2.69. The maximum absolute atomic E-state index is 12.2. The first-order chi connectivity index (χ1) is 9.38. The van der Waals surface area contributed by atoms with E-state index in [9.17, 15) is 14.4 Å². The van der Waals surface area contributed by atoms with Crippen LogP contribution in [0.25, 0.3) is 0 Å². The van der Waals surface area contributed by atoms with Gasteiger partial charge in [0.05, 0.1) is 12.0 Å². The van der Waals surface area contributed by atoms with E-state index in [-0.39, 0.29) is 13.0 Å². The monoisotopic (exact) mass is 285 g/mol. The average Bonchev–Trinajstić information content (AvgIpc) is 2.35. The van der Waals surface area contributed by atoms with E-state index in [0.717, 1.165) is 19.3 Å². The van der Waals surface area contributed by atoms with Crippen LogP contribution in [-0.4, -0.2) is 46.5 Å². The molecule has 0 radical (unpaired) electrons. The third-order valence-electron chi connectivity index (χ3n) is 3.69. The number of hydrogen-bond acceptors (Lipinski definition) is 3. The number of urea groups is 1. The zero-order chi connectivity index (χ0) is 15.2. The third kappa shape index (κ3) is 4.71. The van der Waals surface area contributed by atoms with Crippen LogP contribution in [-0.2, 0) is 9.59 Å². The lowest BCUT2D eigenvalue weighted by molar-refractivity contribution is -0.139. The Hall–Kier alpha value is -1.79. The van der Waals surface area contributed by atoms with Crippen LogP contribution in [0, 0.1) is 0 Å². The molecule has 4 N–H and O–H groups in total. The van der Waals surface area contributed by atoms with Crippen molar-refractivity contribution >= 4 is 17.9 Å². The molecule has 0 heterocycles. The Bertz CT molecular complexity index is 378. The quantitative estimate of drug-likeness (QED) is 0.666. The first-order valence-electron chi connectivity index (χ1n) is 6.96. The summed E-state index contributed by atoms with van der Waals surface area (Å²) < 4.78 is 0. The van der Waals surface area contributed by atoms with E-state index in [4.69, 9.17) is 10.8 Å². The van der Waals surface area contributed by atoms with Gasteiger partial charge in [0.1, 0.15) is 6.54 Å². The summed E-state index contributed by atoms with van der Waals surface area (Å²) in [6.07, 6.45) is 4.06. The lowest BCUT2D eigenvalue weighted by Crippen LogP contribution is -2.56. The summed E-state index contributed by atoms with van der Waals surface area (Å²) in [4.78, 5) is 35.4. The van der Waals surface area contributed by atoms with E-state index in [1.807, 2.05) is 0 Å². The van der Waals surface area contributed by atoms with E-state index < -0.39 is 23.4 Å². The van der Waals surface area contributed by atoms with Crippen molar-refractivity contribution in [1.82, 2.24) is 10.2 Å². The Balaban J connectivity index is 2.75. The van der Waals surface area contributed by atoms with E-state index >= 15 is 0 Å². The Morgan fingerprint density at radius 1 is 1.25 bits per heavy atom. The minimum absolute atomic E-state index is 0.0904. The van der Waals surface area contributed by atoms with Gasteiger partial charge in [-0.1, -0.05) is 19.3 Å². The Morgan fingerprint density at radius 3 is 2.30 bits per heavy atom. The van der Waals surface area contributed by atoms with Crippen LogP contribution in [0.3, 0.4) is 0 Å². The maximum atomic E-state index is 12.2. The van der Waals surface area contributed by atoms with Gasteiger partial charge in [-0.25, -0.2) is 4.79 Å². The molecule has 0 aromatic rings. The van der Waals surface area contributed by atoms with Crippen molar-refractivity contribution < 1.29 is 19.5 Å². The highest BCUT2D eigenvalue weighted by atomic mass is 16.4. The lowest BCUT2D eigenvalue weighted by atomic mass is 9.79. The van der Waals surface area contributed by atoms with Gasteiger partial charge in [-0.15, -0.1) is 0 Å². The predicted molar refractivity (Wildman–Crippen MR) is 73.0 cm³/mol. The van der Waals surface area contributed by atoms with Crippen LogP contribution in [0.15, 0.2) is 0 Å². The van der Waals surface area contributed by atoms with Gasteiger partial charge in [0, 0.05) is 6.54 Å². The van der Waals surface area contributed by atoms with Crippen molar-refractivity contribution in [3.8, 4) is 0 Å². The molecule has 1 rings (SSSR count). The van der Waals surface area contributed by atoms with Crippen molar-refractivity contribution in [3.05, 3.63) is 0 Å². The van der Waals surface area contributed by atoms with Gasteiger partial charge in [-0.3, -0.25) is 9.59 Å². The molecule has 0 spiro atoms. The number of amides is 3. The van der Waals surface area contributed by atoms with Crippen molar-refractivity contribution in [3.63, 3.8) is 0 Å². The number of carbonyl (C=O) groups is 3. The number of carboxylic acids is 1. The largest absolute Gasteiger partial charge is 0.481 e. The van der Waals surface area contributed by atoms with Gasteiger partial charge >= 0.3 is 12.0 Å². The Kier molecular flexibility index (Phi) is 5.79. The number of hydrogen-bond donors (Lipinski definition) is 3. The SMILES string of the molecule is CCN(CC(N)=O)C(=O)NC1(CC(=O)O)CCCCC1. The van der Waals surface area contributed by atoms with E-state index in [2.05, 4.69) is 5.32 Å². The van der Waals surface area contributed by atoms with Crippen LogP contribution in [0.1, 0.15) is 45.4 Å². The minimum Gasteiger partial charge on any atom is -0.481 e. The molecule has 0 bridgehead atoms. The Labute approximate surface area is 118 Å². The topological polar surface area (TPSA) is 113 Å². The normalized spacial score (nSPS) is 17.2. The summed E-state index contributed by atoms with van der Waals surface area (Å²) in [6, 6.07) is -0.422. The van der Waals surface area contributed by atoms with Crippen molar-refractivity contribution in [1.29, 1.82) is 0 Å². The third-order valence-corrected chi connectivity index (χ3v) is 3.69. The molecule has 7 nitrogen and oxygen atoms in total.